The highest BCUT2D eigenvalue weighted by molar-refractivity contribution is 6.24. The molecule has 1 N–H and O–H groups in total. The fourth-order valence-corrected chi connectivity index (χ4v) is 4.33. The van der Waals surface area contributed by atoms with Crippen molar-refractivity contribution in [3.8, 4) is 6.07 Å². The summed E-state index contributed by atoms with van der Waals surface area (Å²) < 4.78 is 0. The summed E-state index contributed by atoms with van der Waals surface area (Å²) in [4.78, 5) is 10.6. The minimum absolute atomic E-state index is 0.0397. The molecule has 0 aliphatic heterocycles. The van der Waals surface area contributed by atoms with E-state index in [2.05, 4.69) is 6.07 Å². The van der Waals surface area contributed by atoms with Crippen molar-refractivity contribution in [2.75, 3.05) is 0 Å². The molecule has 4 atom stereocenters. The molecule has 0 radical (unpaired) electrons. The zero-order chi connectivity index (χ0) is 16.3. The van der Waals surface area contributed by atoms with Gasteiger partial charge in [0.15, 0.2) is 0 Å². The number of nitriles is 1. The number of aliphatic hydroxyl groups is 1. The van der Waals surface area contributed by atoms with E-state index in [0.717, 1.165) is 0 Å². The Kier molecular flexibility index (Phi) is 6.08. The van der Waals surface area contributed by atoms with Crippen LogP contribution in [-0.4, -0.2) is 32.9 Å². The lowest BCUT2D eigenvalue weighted by Crippen LogP contribution is -2.38. The molecule has 0 saturated heterocycles. The molecule has 5 nitrogen and oxygen atoms in total. The zero-order valence-corrected chi connectivity index (χ0v) is 13.7. The number of nitro groups is 1. The number of hydrogen-bond acceptors (Lipinski definition) is 4. The average molecular weight is 347 g/mol. The van der Waals surface area contributed by atoms with Gasteiger partial charge in [0.2, 0.25) is 6.04 Å². The molecule has 2 aliphatic carbocycles. The summed E-state index contributed by atoms with van der Waals surface area (Å²) in [7, 11) is 0. The van der Waals surface area contributed by atoms with Crippen LogP contribution < -0.4 is 0 Å². The van der Waals surface area contributed by atoms with E-state index in [1.54, 1.807) is 6.08 Å². The topological polar surface area (TPSA) is 87.2 Å². The first-order valence-corrected chi connectivity index (χ1v) is 8.51. The lowest BCUT2D eigenvalue weighted by atomic mass is 9.78. The molecule has 7 heteroatoms. The second-order valence-electron chi connectivity index (χ2n) is 6.26. The number of halogens is 2. The predicted molar refractivity (Wildman–Crippen MR) is 84.4 cm³/mol. The van der Waals surface area contributed by atoms with Gasteiger partial charge in [0.05, 0.1) is 17.6 Å². The third-order valence-electron chi connectivity index (χ3n) is 4.78. The summed E-state index contributed by atoms with van der Waals surface area (Å²) in [5.74, 6) is -0.181. The van der Waals surface area contributed by atoms with E-state index in [0.29, 0.717) is 44.1 Å². The van der Waals surface area contributed by atoms with E-state index >= 15 is 0 Å². The Morgan fingerprint density at radius 1 is 1.27 bits per heavy atom. The van der Waals surface area contributed by atoms with Crippen molar-refractivity contribution in [3.63, 3.8) is 0 Å². The van der Waals surface area contributed by atoms with Gasteiger partial charge in [-0.05, 0) is 31.6 Å². The van der Waals surface area contributed by atoms with Crippen LogP contribution in [0.2, 0.25) is 0 Å². The highest BCUT2D eigenvalue weighted by Crippen LogP contribution is 2.36. The molecule has 0 heterocycles. The molecule has 0 aromatic heterocycles. The Morgan fingerprint density at radius 2 is 1.91 bits per heavy atom. The Labute approximate surface area is 140 Å². The number of aliphatic hydroxyl groups excluding tert-OH is 1. The number of hydrogen-bond donors (Lipinski definition) is 1. The molecule has 2 fully saturated rings. The van der Waals surface area contributed by atoms with Crippen LogP contribution in [0.4, 0.5) is 0 Å². The van der Waals surface area contributed by atoms with Gasteiger partial charge >= 0.3 is 0 Å². The average Bonchev–Trinajstić information content (AvgIpc) is 2.49. The summed E-state index contributed by atoms with van der Waals surface area (Å²) in [5.41, 5.74) is 0.612. The van der Waals surface area contributed by atoms with Gasteiger partial charge in [0.1, 0.15) is 0 Å². The fourth-order valence-electron chi connectivity index (χ4n) is 3.44. The van der Waals surface area contributed by atoms with Crippen molar-refractivity contribution in [2.45, 2.75) is 61.4 Å². The lowest BCUT2D eigenvalue weighted by molar-refractivity contribution is -0.526. The van der Waals surface area contributed by atoms with Gasteiger partial charge in [-0.1, -0.05) is 6.08 Å². The van der Waals surface area contributed by atoms with Crippen molar-refractivity contribution < 1.29 is 10.0 Å². The number of allylic oxidation sites excluding steroid dienone is 1. The molecule has 0 spiro atoms. The minimum Gasteiger partial charge on any atom is -0.391 e. The maximum atomic E-state index is 10.8. The van der Waals surface area contributed by atoms with Gasteiger partial charge in [-0.2, -0.15) is 5.26 Å². The van der Waals surface area contributed by atoms with Gasteiger partial charge in [-0.25, -0.2) is 0 Å². The SMILES string of the molecule is N#C/C(=C/[C@H]1C[C@H](Cl)C[C@H](Cl)[C@@H]1O)C1CCC([N+](=O)[O-])CC1. The molecule has 0 bridgehead atoms. The number of rotatable bonds is 3. The zero-order valence-electron chi connectivity index (χ0n) is 12.2. The minimum atomic E-state index is -0.699. The normalized spacial score (nSPS) is 40.0. The third-order valence-corrected chi connectivity index (χ3v) is 5.57. The Morgan fingerprint density at radius 3 is 2.45 bits per heavy atom. The summed E-state index contributed by atoms with van der Waals surface area (Å²) in [5, 5.41) is 29.9. The summed E-state index contributed by atoms with van der Waals surface area (Å²) in [6.45, 7) is 0. The number of alkyl halides is 2. The summed E-state index contributed by atoms with van der Waals surface area (Å²) in [6, 6.07) is 1.72. The largest absolute Gasteiger partial charge is 0.391 e. The summed E-state index contributed by atoms with van der Waals surface area (Å²) in [6.07, 6.45) is 4.54. The van der Waals surface area contributed by atoms with Crippen LogP contribution >= 0.6 is 23.2 Å². The highest BCUT2D eigenvalue weighted by Gasteiger charge is 2.35. The predicted octanol–water partition coefficient (Wildman–Crippen LogP) is 3.26. The van der Waals surface area contributed by atoms with Crippen molar-refractivity contribution in [1.29, 1.82) is 5.26 Å². The molecule has 2 aliphatic rings. The molecule has 2 rings (SSSR count). The number of nitrogens with zero attached hydrogens (tertiary/aromatic N) is 2. The molecule has 0 amide bonds. The Hall–Kier alpha value is -0.830. The van der Waals surface area contributed by atoms with E-state index < -0.39 is 17.5 Å². The first-order valence-electron chi connectivity index (χ1n) is 7.63. The lowest BCUT2D eigenvalue weighted by Gasteiger charge is -2.33. The second kappa shape index (κ2) is 7.63. The first-order chi connectivity index (χ1) is 10.4. The molecule has 0 aromatic carbocycles. The van der Waals surface area contributed by atoms with E-state index in [1.807, 2.05) is 0 Å². The van der Waals surface area contributed by atoms with E-state index in [-0.39, 0.29) is 22.1 Å². The van der Waals surface area contributed by atoms with Gasteiger partial charge in [-0.15, -0.1) is 23.2 Å². The second-order valence-corrected chi connectivity index (χ2v) is 7.44. The van der Waals surface area contributed by atoms with Gasteiger partial charge < -0.3 is 5.11 Å². The van der Waals surface area contributed by atoms with E-state index in [9.17, 15) is 20.5 Å². The maximum absolute atomic E-state index is 10.8. The van der Waals surface area contributed by atoms with Crippen LogP contribution in [0.5, 0.6) is 0 Å². The van der Waals surface area contributed by atoms with Gasteiger partial charge in [0, 0.05) is 34.6 Å². The fraction of sp³-hybridized carbons (Fsp3) is 0.800. The van der Waals surface area contributed by atoms with Crippen molar-refractivity contribution in [3.05, 3.63) is 21.8 Å². The van der Waals surface area contributed by atoms with Gasteiger partial charge in [-0.3, -0.25) is 10.1 Å². The molecule has 0 aromatic rings. The third kappa shape index (κ3) is 4.13. The van der Waals surface area contributed by atoms with Gasteiger partial charge in [0.25, 0.3) is 0 Å². The summed E-state index contributed by atoms with van der Waals surface area (Å²) >= 11 is 12.3. The highest BCUT2D eigenvalue weighted by atomic mass is 35.5. The molecular formula is C15H20Cl2N2O3. The van der Waals surface area contributed by atoms with Crippen LogP contribution in [0.1, 0.15) is 38.5 Å². The molecule has 0 unspecified atom stereocenters. The maximum Gasteiger partial charge on any atom is 0.213 e. The van der Waals surface area contributed by atoms with Crippen LogP contribution in [-0.2, 0) is 0 Å². The van der Waals surface area contributed by atoms with E-state index in [1.165, 1.54) is 0 Å². The molecule has 22 heavy (non-hydrogen) atoms. The molecular weight excluding hydrogens is 327 g/mol. The van der Waals surface area contributed by atoms with Crippen LogP contribution in [0.15, 0.2) is 11.6 Å². The van der Waals surface area contributed by atoms with Crippen LogP contribution in [0.3, 0.4) is 0 Å². The van der Waals surface area contributed by atoms with Crippen molar-refractivity contribution in [1.82, 2.24) is 0 Å². The Bertz CT molecular complexity index is 484. The smallest absolute Gasteiger partial charge is 0.213 e. The molecule has 122 valence electrons. The quantitative estimate of drug-likeness (QED) is 0.367. The van der Waals surface area contributed by atoms with Crippen LogP contribution in [0, 0.1) is 33.3 Å². The van der Waals surface area contributed by atoms with E-state index in [4.69, 9.17) is 23.2 Å². The van der Waals surface area contributed by atoms with Crippen molar-refractivity contribution >= 4 is 23.2 Å². The van der Waals surface area contributed by atoms with Crippen LogP contribution in [0.25, 0.3) is 0 Å². The first kappa shape index (κ1) is 17.5. The Balaban J connectivity index is 2.05. The van der Waals surface area contributed by atoms with Crippen molar-refractivity contribution in [2.24, 2.45) is 11.8 Å². The monoisotopic (exact) mass is 346 g/mol. The molecule has 2 saturated carbocycles. The standard InChI is InChI=1S/C15H20Cl2N2O3/c16-12-6-10(15(20)14(17)7-12)5-11(8-18)9-1-3-13(4-2-9)19(21)22/h5,9-10,12-15,20H,1-4,6-7H2/b11-5-/t9?,10-,12-,13?,14-,15+/m0/s1.